The molecule has 0 bridgehead atoms. The van der Waals surface area contributed by atoms with Crippen LogP contribution in [0.5, 0.6) is 0 Å². The van der Waals surface area contributed by atoms with Crippen molar-refractivity contribution in [3.63, 3.8) is 0 Å². The van der Waals surface area contributed by atoms with Crippen molar-refractivity contribution in [3.8, 4) is 0 Å². The summed E-state index contributed by atoms with van der Waals surface area (Å²) in [5.41, 5.74) is 1.84. The summed E-state index contributed by atoms with van der Waals surface area (Å²) in [5.74, 6) is -0.789. The van der Waals surface area contributed by atoms with Crippen molar-refractivity contribution in [1.29, 1.82) is 0 Å². The summed E-state index contributed by atoms with van der Waals surface area (Å²) in [6.45, 7) is 0. The highest BCUT2D eigenvalue weighted by Gasteiger charge is 2.16. The van der Waals surface area contributed by atoms with E-state index >= 15 is 0 Å². The first-order valence-electron chi connectivity index (χ1n) is 1.89. The lowest BCUT2D eigenvalue weighted by Gasteiger charge is -1.75. The highest BCUT2D eigenvalue weighted by molar-refractivity contribution is 7.74. The van der Waals surface area contributed by atoms with E-state index in [-0.39, 0.29) is 0 Å². The van der Waals surface area contributed by atoms with Crippen molar-refractivity contribution in [3.05, 3.63) is 0 Å². The summed E-state index contributed by atoms with van der Waals surface area (Å²) >= 11 is 0. The second-order valence-corrected chi connectivity index (χ2v) is 2.04. The number of nitrogens with zero attached hydrogens (tertiary/aromatic N) is 2. The third kappa shape index (κ3) is 0.941. The smallest absolute Gasteiger partial charge is 0.264 e. The third-order valence-electron chi connectivity index (χ3n) is 0.644. The number of hydrogen-bond acceptors (Lipinski definition) is 4. The van der Waals surface area contributed by atoms with Gasteiger partial charge in [0.2, 0.25) is 10.3 Å². The summed E-state index contributed by atoms with van der Waals surface area (Å²) in [5, 5.41) is 5.95. The monoisotopic (exact) mass is 147 g/mol. The van der Waals surface area contributed by atoms with Crippen LogP contribution >= 0.6 is 0 Å². The van der Waals surface area contributed by atoms with Gasteiger partial charge in [0.15, 0.2) is 0 Å². The minimum Gasteiger partial charge on any atom is -0.264 e. The number of carbonyl (C=O) groups is 1. The molecule has 1 amide bonds. The molecule has 48 valence electrons. The second-order valence-electron chi connectivity index (χ2n) is 1.18. The van der Waals surface area contributed by atoms with Gasteiger partial charge in [-0.3, -0.25) is 4.79 Å². The molecule has 0 unspecified atom stereocenters. The first kappa shape index (κ1) is 5.89. The molecular formula is C2HN3O3S. The third-order valence-corrected chi connectivity index (χ3v) is 1.23. The topological polar surface area (TPSA) is 88.0 Å². The Hall–Kier alpha value is -1.24. The second kappa shape index (κ2) is 1.94. The van der Waals surface area contributed by atoms with Crippen LogP contribution in [-0.2, 0) is 15.1 Å². The van der Waals surface area contributed by atoms with Gasteiger partial charge in [0.05, 0.1) is 0 Å². The van der Waals surface area contributed by atoms with E-state index < -0.39 is 21.2 Å². The predicted octanol–water partition coefficient (Wildman–Crippen LogP) is -1.51. The van der Waals surface area contributed by atoms with Gasteiger partial charge in [0.1, 0.15) is 0 Å². The van der Waals surface area contributed by atoms with E-state index in [1.807, 2.05) is 5.43 Å². The molecule has 1 aliphatic heterocycles. The Balaban J connectivity index is 3.27. The lowest BCUT2D eigenvalue weighted by molar-refractivity contribution is -0.114. The maximum absolute atomic E-state index is 10.3. The Bertz CT molecular complexity index is 291. The average Bonchev–Trinajstić information content (AvgIpc) is 2.13. The van der Waals surface area contributed by atoms with Crippen molar-refractivity contribution >= 4 is 21.2 Å². The Morgan fingerprint density at radius 2 is 2.11 bits per heavy atom. The Labute approximate surface area is 51.1 Å². The summed E-state index contributed by atoms with van der Waals surface area (Å²) in [4.78, 5) is 9.71. The zero-order valence-corrected chi connectivity index (χ0v) is 4.84. The number of amides is 1. The standard InChI is InChI=1S/C2HN3O3S/c6-1-2(9(7)8)4-5-3-1/h(H,3,4,6). The minimum absolute atomic E-state index is 0.574. The van der Waals surface area contributed by atoms with Crippen LogP contribution in [-0.4, -0.2) is 19.3 Å². The molecule has 0 aromatic carbocycles. The van der Waals surface area contributed by atoms with Crippen LogP contribution in [0.25, 0.3) is 0 Å². The van der Waals surface area contributed by atoms with Crippen LogP contribution in [0.1, 0.15) is 0 Å². The molecule has 1 heterocycles. The van der Waals surface area contributed by atoms with E-state index in [0.29, 0.717) is 0 Å². The molecule has 0 spiro atoms. The van der Waals surface area contributed by atoms with Crippen molar-refractivity contribution in [1.82, 2.24) is 5.43 Å². The first-order chi connectivity index (χ1) is 4.22. The average molecular weight is 147 g/mol. The first-order valence-corrected chi connectivity index (χ1v) is 2.96. The van der Waals surface area contributed by atoms with Crippen LogP contribution in [0.3, 0.4) is 0 Å². The highest BCUT2D eigenvalue weighted by Crippen LogP contribution is 1.86. The van der Waals surface area contributed by atoms with E-state index in [9.17, 15) is 13.2 Å². The predicted molar refractivity (Wildman–Crippen MR) is 26.9 cm³/mol. The highest BCUT2D eigenvalue weighted by atomic mass is 32.2. The van der Waals surface area contributed by atoms with E-state index in [0.717, 1.165) is 0 Å². The fourth-order valence-corrected chi connectivity index (χ4v) is 0.623. The zero-order valence-electron chi connectivity index (χ0n) is 4.03. The van der Waals surface area contributed by atoms with E-state index in [4.69, 9.17) is 0 Å². The molecule has 1 rings (SSSR count). The number of nitrogens with one attached hydrogen (secondary N) is 1. The van der Waals surface area contributed by atoms with Gasteiger partial charge in [0.25, 0.3) is 4.99 Å². The molecule has 9 heavy (non-hydrogen) atoms. The quantitative estimate of drug-likeness (QED) is 0.422. The molecule has 7 heteroatoms. The summed E-state index contributed by atoms with van der Waals surface area (Å²) in [6, 6.07) is 0. The van der Waals surface area contributed by atoms with Crippen LogP contribution < -0.4 is 5.43 Å². The summed E-state index contributed by atoms with van der Waals surface area (Å²) in [6.07, 6.45) is 0. The lowest BCUT2D eigenvalue weighted by atomic mass is 10.7. The van der Waals surface area contributed by atoms with Crippen molar-refractivity contribution in [2.24, 2.45) is 10.3 Å². The maximum atomic E-state index is 10.3. The van der Waals surface area contributed by atoms with Gasteiger partial charge in [-0.05, 0) is 0 Å². The molecule has 0 saturated carbocycles. The summed E-state index contributed by atoms with van der Waals surface area (Å²) < 4.78 is 19.9. The van der Waals surface area contributed by atoms with Gasteiger partial charge in [0, 0.05) is 0 Å². The van der Waals surface area contributed by atoms with Crippen molar-refractivity contribution in [2.45, 2.75) is 0 Å². The molecule has 0 aliphatic carbocycles. The molecule has 0 saturated heterocycles. The van der Waals surface area contributed by atoms with Crippen LogP contribution in [0.4, 0.5) is 0 Å². The number of hydrogen-bond donors (Lipinski definition) is 1. The summed E-state index contributed by atoms with van der Waals surface area (Å²) in [7, 11) is -2.58. The molecule has 6 nitrogen and oxygen atoms in total. The molecule has 1 N–H and O–H groups in total. The largest absolute Gasteiger partial charge is 0.309 e. The normalized spacial score (nSPS) is 16.0. The van der Waals surface area contributed by atoms with Gasteiger partial charge in [-0.25, -0.2) is 5.43 Å². The fraction of sp³-hybridized carbons (Fsp3) is 0. The SMILES string of the molecule is O=C1NN=NC1=S(=O)=O. The van der Waals surface area contributed by atoms with Gasteiger partial charge in [-0.15, -0.1) is 5.11 Å². The molecular weight excluding hydrogens is 146 g/mol. The van der Waals surface area contributed by atoms with Crippen molar-refractivity contribution < 1.29 is 13.2 Å². The van der Waals surface area contributed by atoms with E-state index in [1.54, 1.807) is 0 Å². The zero-order chi connectivity index (χ0) is 6.85. The maximum Gasteiger partial charge on any atom is 0.309 e. The van der Waals surface area contributed by atoms with Crippen LogP contribution in [0.15, 0.2) is 10.3 Å². The minimum atomic E-state index is -2.58. The molecule has 0 fully saturated rings. The number of rotatable bonds is 0. The molecule has 0 aromatic rings. The van der Waals surface area contributed by atoms with Crippen molar-refractivity contribution in [2.75, 3.05) is 0 Å². The fourth-order valence-electron chi connectivity index (χ4n) is 0.318. The lowest BCUT2D eigenvalue weighted by Crippen LogP contribution is -2.18. The van der Waals surface area contributed by atoms with E-state index in [2.05, 4.69) is 10.3 Å². The van der Waals surface area contributed by atoms with Gasteiger partial charge >= 0.3 is 5.91 Å². The van der Waals surface area contributed by atoms with Gasteiger partial charge in [-0.2, -0.15) is 8.42 Å². The van der Waals surface area contributed by atoms with Crippen LogP contribution in [0.2, 0.25) is 0 Å². The Kier molecular flexibility index (Phi) is 1.27. The van der Waals surface area contributed by atoms with Gasteiger partial charge in [-0.1, -0.05) is 5.22 Å². The van der Waals surface area contributed by atoms with E-state index in [1.165, 1.54) is 0 Å². The van der Waals surface area contributed by atoms with Crippen LogP contribution in [0, 0.1) is 0 Å². The Morgan fingerprint density at radius 3 is 2.33 bits per heavy atom. The molecule has 0 atom stereocenters. The van der Waals surface area contributed by atoms with Gasteiger partial charge < -0.3 is 0 Å². The molecule has 1 aliphatic rings. The molecule has 0 radical (unpaired) electrons. The molecule has 0 aromatic heterocycles. The Morgan fingerprint density at radius 1 is 1.44 bits per heavy atom. The number of carbonyl (C=O) groups excluding carboxylic acids is 1.